The highest BCUT2D eigenvalue weighted by Gasteiger charge is 2.65. The van der Waals surface area contributed by atoms with Gasteiger partial charge in [0.15, 0.2) is 6.67 Å². The number of alkyl halides is 5. The first-order valence-corrected chi connectivity index (χ1v) is 4.49. The van der Waals surface area contributed by atoms with Gasteiger partial charge in [-0.2, -0.15) is 23.1 Å². The molecule has 15 heavy (non-hydrogen) atoms. The van der Waals surface area contributed by atoms with E-state index in [2.05, 4.69) is 0 Å². The molecule has 0 saturated carbocycles. The van der Waals surface area contributed by atoms with E-state index in [1.165, 1.54) is 0 Å². The number of rotatable bonds is 4. The lowest BCUT2D eigenvalue weighted by molar-refractivity contribution is -0.141. The average molecular weight is 259 g/mol. The highest BCUT2D eigenvalue weighted by atomic mass is 32.2. The third kappa shape index (κ3) is 2.01. The monoisotopic (exact) mass is 259 g/mol. The van der Waals surface area contributed by atoms with Crippen molar-refractivity contribution in [2.24, 2.45) is 0 Å². The maximum atomic E-state index is 12.4. The van der Waals surface area contributed by atoms with Crippen LogP contribution in [0.1, 0.15) is 0 Å². The van der Waals surface area contributed by atoms with E-state index in [1.807, 2.05) is 0 Å². The summed E-state index contributed by atoms with van der Waals surface area (Å²) in [5, 5.41) is -11.2. The van der Waals surface area contributed by atoms with Gasteiger partial charge in [-0.25, -0.2) is 12.8 Å². The highest BCUT2D eigenvalue weighted by Crippen LogP contribution is 2.35. The van der Waals surface area contributed by atoms with Crippen LogP contribution in [0.15, 0.2) is 0 Å². The van der Waals surface area contributed by atoms with Gasteiger partial charge in [0, 0.05) is 0 Å². The minimum atomic E-state index is -6.79. The fourth-order valence-corrected chi connectivity index (χ4v) is 1.24. The van der Waals surface area contributed by atoms with Gasteiger partial charge in [-0.05, 0) is 0 Å². The van der Waals surface area contributed by atoms with E-state index in [1.54, 1.807) is 0 Å². The molecule has 0 aromatic rings. The summed E-state index contributed by atoms with van der Waals surface area (Å²) in [4.78, 5) is 9.97. The summed E-state index contributed by atoms with van der Waals surface area (Å²) >= 11 is 0. The van der Waals surface area contributed by atoms with E-state index in [9.17, 15) is 39.6 Å². The molecular weight excluding hydrogens is 256 g/mol. The summed E-state index contributed by atoms with van der Waals surface area (Å²) in [6.45, 7) is -2.95. The number of halogens is 6. The lowest BCUT2D eigenvalue weighted by Gasteiger charge is -2.19. The molecule has 0 fully saturated rings. The third-order valence-electron chi connectivity index (χ3n) is 1.24. The summed E-state index contributed by atoms with van der Waals surface area (Å²) in [7, 11) is -6.79. The van der Waals surface area contributed by atoms with E-state index < -0.39 is 32.9 Å². The van der Waals surface area contributed by atoms with Gasteiger partial charge in [-0.15, -0.1) is 4.48 Å². The van der Waals surface area contributed by atoms with Crippen LogP contribution in [0, 0.1) is 0 Å². The van der Waals surface area contributed by atoms with Gasteiger partial charge in [0.05, 0.1) is 0 Å². The molecule has 0 unspecified atom stereocenters. The predicted octanol–water partition coefficient (Wildman–Crippen LogP) is 0.557. The minimum Gasteiger partial charge on any atom is -0.264 e. The fourth-order valence-electron chi connectivity index (χ4n) is 0.436. The number of sulfone groups is 1. The maximum Gasteiger partial charge on any atom is 0.429 e. The quantitative estimate of drug-likeness (QED) is 0.592. The van der Waals surface area contributed by atoms with E-state index in [-0.39, 0.29) is 5.54 Å². The first-order valence-electron chi connectivity index (χ1n) is 3.01. The molecule has 0 aromatic carbocycles. The SMILES string of the molecule is O=C(NF)C(F)(F)S(=O)(=O)C(F)(F)CF. The topological polar surface area (TPSA) is 63.2 Å². The summed E-state index contributed by atoms with van der Waals surface area (Å²) in [5.41, 5.74) is -0.316. The summed E-state index contributed by atoms with van der Waals surface area (Å²) in [5.74, 6) is -3.12. The normalized spacial score (nSPS) is 13.7. The lowest BCUT2D eigenvalue weighted by atomic mass is 10.7. The molecule has 0 aliphatic carbocycles. The Morgan fingerprint density at radius 1 is 1.20 bits per heavy atom. The molecule has 90 valence electrons. The van der Waals surface area contributed by atoms with Gasteiger partial charge in [0.1, 0.15) is 0 Å². The average Bonchev–Trinajstić information content (AvgIpc) is 2.15. The molecular formula is C4H3F6NO3S. The van der Waals surface area contributed by atoms with Gasteiger partial charge >= 0.3 is 16.4 Å². The van der Waals surface area contributed by atoms with Crippen molar-refractivity contribution >= 4 is 15.7 Å². The second-order valence-electron chi connectivity index (χ2n) is 2.21. The molecule has 0 aliphatic heterocycles. The molecule has 0 rings (SSSR count). The first kappa shape index (κ1) is 14.0. The van der Waals surface area contributed by atoms with E-state index in [0.717, 1.165) is 0 Å². The lowest BCUT2D eigenvalue weighted by Crippen LogP contribution is -2.51. The highest BCUT2D eigenvalue weighted by molar-refractivity contribution is 7.94. The van der Waals surface area contributed by atoms with Crippen molar-refractivity contribution in [1.82, 2.24) is 5.54 Å². The fraction of sp³-hybridized carbons (Fsp3) is 0.750. The van der Waals surface area contributed by atoms with Crippen molar-refractivity contribution in [2.45, 2.75) is 10.5 Å². The van der Waals surface area contributed by atoms with Gasteiger partial charge in [0.25, 0.3) is 9.84 Å². The molecule has 4 nitrogen and oxygen atoms in total. The van der Waals surface area contributed by atoms with E-state index in [4.69, 9.17) is 0 Å². The Kier molecular flexibility index (Phi) is 3.61. The van der Waals surface area contributed by atoms with Crippen LogP contribution in [0.5, 0.6) is 0 Å². The Morgan fingerprint density at radius 2 is 1.60 bits per heavy atom. The summed E-state index contributed by atoms with van der Waals surface area (Å²) in [6.07, 6.45) is 0. The Balaban J connectivity index is 5.49. The molecule has 0 atom stereocenters. The molecule has 1 N–H and O–H groups in total. The molecule has 0 spiro atoms. The van der Waals surface area contributed by atoms with Crippen LogP contribution in [0.2, 0.25) is 0 Å². The second kappa shape index (κ2) is 3.87. The zero-order valence-corrected chi connectivity index (χ0v) is 7.42. The zero-order chi connectivity index (χ0) is 12.5. The molecule has 0 aromatic heterocycles. The Labute approximate surface area is 79.1 Å². The number of hydrogen-bond acceptors (Lipinski definition) is 3. The second-order valence-corrected chi connectivity index (χ2v) is 4.33. The molecule has 1 amide bonds. The van der Waals surface area contributed by atoms with Crippen molar-refractivity contribution in [3.05, 3.63) is 0 Å². The van der Waals surface area contributed by atoms with Crippen molar-refractivity contribution in [3.63, 3.8) is 0 Å². The van der Waals surface area contributed by atoms with Crippen LogP contribution in [0.3, 0.4) is 0 Å². The molecule has 0 bridgehead atoms. The Morgan fingerprint density at radius 3 is 1.87 bits per heavy atom. The van der Waals surface area contributed by atoms with Crippen LogP contribution in [-0.4, -0.2) is 31.5 Å². The van der Waals surface area contributed by atoms with Crippen LogP contribution in [0.25, 0.3) is 0 Å². The maximum absolute atomic E-state index is 12.4. The molecule has 0 aliphatic rings. The van der Waals surface area contributed by atoms with Gasteiger partial charge in [-0.3, -0.25) is 4.79 Å². The number of carbonyl (C=O) groups excluding carboxylic acids is 1. The number of hydrogen-bond donors (Lipinski definition) is 1. The molecule has 0 radical (unpaired) electrons. The standard InChI is InChI=1S/C4H3F6NO3S/c5-1-3(6,7)15(13,14)4(8,9)2(12)11-10/h1H2,(H,11,12). The molecule has 0 heterocycles. The smallest absolute Gasteiger partial charge is 0.264 e. The van der Waals surface area contributed by atoms with Crippen LogP contribution in [-0.2, 0) is 14.6 Å². The van der Waals surface area contributed by atoms with Crippen LogP contribution in [0.4, 0.5) is 26.4 Å². The Bertz CT molecular complexity index is 351. The van der Waals surface area contributed by atoms with E-state index >= 15 is 0 Å². The summed E-state index contributed by atoms with van der Waals surface area (Å²) < 4.78 is 92.5. The van der Waals surface area contributed by atoms with Crippen molar-refractivity contribution in [3.8, 4) is 0 Å². The zero-order valence-electron chi connectivity index (χ0n) is 6.61. The Hall–Kier alpha value is -1.00. The van der Waals surface area contributed by atoms with Crippen LogP contribution >= 0.6 is 0 Å². The molecule has 0 saturated heterocycles. The third-order valence-corrected chi connectivity index (χ3v) is 2.99. The van der Waals surface area contributed by atoms with Gasteiger partial charge in [0.2, 0.25) is 0 Å². The van der Waals surface area contributed by atoms with E-state index in [0.29, 0.717) is 0 Å². The molecule has 11 heteroatoms. The van der Waals surface area contributed by atoms with Crippen LogP contribution < -0.4 is 5.54 Å². The first-order chi connectivity index (χ1) is 6.54. The largest absolute Gasteiger partial charge is 0.429 e. The van der Waals surface area contributed by atoms with Crippen molar-refractivity contribution < 1.29 is 39.6 Å². The number of amides is 1. The van der Waals surface area contributed by atoms with Gasteiger partial charge < -0.3 is 0 Å². The van der Waals surface area contributed by atoms with Crippen molar-refractivity contribution in [2.75, 3.05) is 6.67 Å². The van der Waals surface area contributed by atoms with Crippen molar-refractivity contribution in [1.29, 1.82) is 0 Å². The summed E-state index contributed by atoms with van der Waals surface area (Å²) in [6, 6.07) is 0. The van der Waals surface area contributed by atoms with Gasteiger partial charge in [-0.1, -0.05) is 0 Å². The number of nitrogens with one attached hydrogen (secondary N) is 1. The number of carbonyl (C=O) groups is 1. The predicted molar refractivity (Wildman–Crippen MR) is 34.0 cm³/mol. The minimum absolute atomic E-state index is 0.316.